The number of hydrogen-bond donors (Lipinski definition) is 2. The lowest BCUT2D eigenvalue weighted by atomic mass is 10.1. The van der Waals surface area contributed by atoms with Gasteiger partial charge in [-0.1, -0.05) is 11.6 Å². The van der Waals surface area contributed by atoms with Gasteiger partial charge in [-0.3, -0.25) is 13.8 Å². The number of piperazine rings is 1. The average Bonchev–Trinajstić information content (AvgIpc) is 3.63. The van der Waals surface area contributed by atoms with Crippen LogP contribution >= 0.6 is 11.6 Å². The lowest BCUT2D eigenvalue weighted by Crippen LogP contribution is -2.43. The van der Waals surface area contributed by atoms with Crippen molar-refractivity contribution in [3.63, 3.8) is 0 Å². The smallest absolute Gasteiger partial charge is 0.318 e. The second-order valence-electron chi connectivity index (χ2n) is 10.9. The second-order valence-corrected chi connectivity index (χ2v) is 12.8. The quantitative estimate of drug-likeness (QED) is 0.308. The molecule has 2 N–H and O–H groups in total. The van der Waals surface area contributed by atoms with Crippen molar-refractivity contribution in [1.29, 1.82) is 0 Å². The van der Waals surface area contributed by atoms with Crippen LogP contribution in [-0.2, 0) is 27.9 Å². The maximum Gasteiger partial charge on any atom is 0.318 e. The number of ether oxygens (including phenoxy) is 1. The van der Waals surface area contributed by atoms with Crippen LogP contribution in [0.15, 0.2) is 29.6 Å². The van der Waals surface area contributed by atoms with Crippen molar-refractivity contribution < 1.29 is 17.3 Å². The minimum Gasteiger partial charge on any atom is -0.488 e. The third-order valence-electron chi connectivity index (χ3n) is 6.84. The van der Waals surface area contributed by atoms with E-state index < -0.39 is 16.2 Å². The molecule has 1 aliphatic heterocycles. The third-order valence-corrected chi connectivity index (χ3v) is 8.53. The summed E-state index contributed by atoms with van der Waals surface area (Å²) in [5.41, 5.74) is 3.29. The monoisotopic (exact) mass is 604 g/mol. The molecule has 5 rings (SSSR count). The first-order chi connectivity index (χ1) is 19.5. The van der Waals surface area contributed by atoms with Crippen molar-refractivity contribution >= 4 is 44.9 Å². The van der Waals surface area contributed by atoms with E-state index in [1.54, 1.807) is 20.9 Å². The predicted octanol–water partition coefficient (Wildman–Crippen LogP) is 4.06. The minimum absolute atomic E-state index is 0.182. The molecule has 222 valence electrons. The van der Waals surface area contributed by atoms with Gasteiger partial charge >= 0.3 is 10.1 Å². The minimum atomic E-state index is -4.11. The number of anilines is 4. The van der Waals surface area contributed by atoms with E-state index in [0.717, 1.165) is 62.6 Å². The highest BCUT2D eigenvalue weighted by atomic mass is 35.5. The summed E-state index contributed by atoms with van der Waals surface area (Å²) in [5, 5.41) is 10.3. The fourth-order valence-electron chi connectivity index (χ4n) is 4.51. The van der Waals surface area contributed by atoms with Crippen molar-refractivity contribution in [3.05, 3.63) is 40.7 Å². The largest absolute Gasteiger partial charge is 0.488 e. The van der Waals surface area contributed by atoms with Crippen molar-refractivity contribution in [2.75, 3.05) is 43.9 Å². The summed E-state index contributed by atoms with van der Waals surface area (Å²) in [6.45, 7) is 10.4. The van der Waals surface area contributed by atoms with E-state index in [1.165, 1.54) is 22.6 Å². The van der Waals surface area contributed by atoms with E-state index in [4.69, 9.17) is 20.5 Å². The summed E-state index contributed by atoms with van der Waals surface area (Å²) in [5.74, 6) is 1.24. The number of benzene rings is 1. The SMILES string of the molecule is Cc1cc(Nc2ncc(Cl)c(Nc3cn(C)nc3S(=O)(=O)OC(C)C)n2)c(OC2CC2)cc1CN1CCN(C)CC1. The molecule has 0 spiro atoms. The Bertz CT molecular complexity index is 1500. The maximum atomic E-state index is 12.8. The first kappa shape index (κ1) is 29.5. The highest BCUT2D eigenvalue weighted by Gasteiger charge is 2.27. The first-order valence-electron chi connectivity index (χ1n) is 13.7. The van der Waals surface area contributed by atoms with E-state index >= 15 is 0 Å². The lowest BCUT2D eigenvalue weighted by Gasteiger charge is -2.32. The predicted molar refractivity (Wildman–Crippen MR) is 158 cm³/mol. The average molecular weight is 605 g/mol. The molecule has 1 aliphatic carbocycles. The number of aromatic nitrogens is 4. The third kappa shape index (κ3) is 7.46. The lowest BCUT2D eigenvalue weighted by molar-refractivity contribution is 0.148. The molecular formula is C27H37ClN8O4S. The van der Waals surface area contributed by atoms with Gasteiger partial charge < -0.3 is 20.3 Å². The molecule has 1 aromatic carbocycles. The van der Waals surface area contributed by atoms with Crippen LogP contribution in [0.4, 0.5) is 23.1 Å². The molecule has 1 saturated carbocycles. The van der Waals surface area contributed by atoms with Gasteiger partial charge in [-0.05, 0) is 63.9 Å². The van der Waals surface area contributed by atoms with Gasteiger partial charge in [0.1, 0.15) is 16.5 Å². The number of hydrogen-bond acceptors (Lipinski definition) is 11. The van der Waals surface area contributed by atoms with Crippen molar-refractivity contribution in [2.45, 2.75) is 57.4 Å². The summed E-state index contributed by atoms with van der Waals surface area (Å²) in [6.07, 6.45) is 4.69. The van der Waals surface area contributed by atoms with Gasteiger partial charge in [-0.2, -0.15) is 18.5 Å². The molecule has 3 aromatic rings. The Labute approximate surface area is 246 Å². The Morgan fingerprint density at radius 3 is 2.51 bits per heavy atom. The van der Waals surface area contributed by atoms with Gasteiger partial charge in [0.25, 0.3) is 0 Å². The Balaban J connectivity index is 1.39. The molecular weight excluding hydrogens is 568 g/mol. The van der Waals surface area contributed by atoms with E-state index in [2.05, 4.69) is 61.6 Å². The van der Waals surface area contributed by atoms with Gasteiger partial charge in [0.2, 0.25) is 11.0 Å². The van der Waals surface area contributed by atoms with E-state index in [0.29, 0.717) is 0 Å². The van der Waals surface area contributed by atoms with E-state index in [-0.39, 0.29) is 33.6 Å². The topological polar surface area (TPSA) is 127 Å². The molecule has 2 fully saturated rings. The zero-order chi connectivity index (χ0) is 29.3. The fraction of sp³-hybridized carbons (Fsp3) is 0.519. The number of nitrogens with zero attached hydrogens (tertiary/aromatic N) is 6. The number of likely N-dealkylation sites (N-methyl/N-ethyl adjacent to an activating group) is 1. The zero-order valence-corrected chi connectivity index (χ0v) is 25.6. The van der Waals surface area contributed by atoms with Crippen molar-refractivity contribution in [3.8, 4) is 5.75 Å². The summed E-state index contributed by atoms with van der Waals surface area (Å²) < 4.78 is 38.3. The van der Waals surface area contributed by atoms with E-state index in [9.17, 15) is 8.42 Å². The zero-order valence-electron chi connectivity index (χ0n) is 24.0. The van der Waals surface area contributed by atoms with Crippen LogP contribution in [0.1, 0.15) is 37.8 Å². The van der Waals surface area contributed by atoms with Crippen LogP contribution in [0.5, 0.6) is 5.75 Å². The summed E-state index contributed by atoms with van der Waals surface area (Å²) in [4.78, 5) is 13.7. The maximum absolute atomic E-state index is 12.8. The molecule has 2 aliphatic rings. The Hall–Kier alpha value is -2.97. The number of halogens is 1. The highest BCUT2D eigenvalue weighted by Crippen LogP contribution is 2.37. The molecule has 0 radical (unpaired) electrons. The Kier molecular flexibility index (Phi) is 8.71. The molecule has 0 amide bonds. The fourth-order valence-corrected chi connectivity index (χ4v) is 5.85. The normalized spacial score (nSPS) is 16.8. The van der Waals surface area contributed by atoms with E-state index in [1.807, 2.05) is 0 Å². The van der Waals surface area contributed by atoms with Crippen LogP contribution in [0.25, 0.3) is 0 Å². The summed E-state index contributed by atoms with van der Waals surface area (Å²) in [7, 11) is -0.341. The Morgan fingerprint density at radius 2 is 1.83 bits per heavy atom. The van der Waals surface area contributed by atoms with Gasteiger partial charge in [0.15, 0.2) is 5.82 Å². The molecule has 0 atom stereocenters. The molecule has 3 heterocycles. The van der Waals surface area contributed by atoms with Crippen LogP contribution < -0.4 is 15.4 Å². The second kappa shape index (κ2) is 12.1. The molecule has 41 heavy (non-hydrogen) atoms. The molecule has 2 aromatic heterocycles. The van der Waals surface area contributed by atoms with Crippen molar-refractivity contribution in [1.82, 2.24) is 29.5 Å². The molecule has 12 nitrogen and oxygen atoms in total. The van der Waals surface area contributed by atoms with Crippen LogP contribution in [0, 0.1) is 6.92 Å². The van der Waals surface area contributed by atoms with Gasteiger partial charge in [0.05, 0.1) is 24.1 Å². The van der Waals surface area contributed by atoms with Crippen LogP contribution in [0.2, 0.25) is 5.02 Å². The standard InChI is InChI=1S/C27H37ClN8O4S/c1-17(2)40-41(37,38)26-23(16-35(5)33-26)30-25-21(28)14-29-27(32-25)31-22-12-18(3)19(13-24(22)39-20-6-7-20)15-36-10-8-34(4)9-11-36/h12-14,16-17,20H,6-11,15H2,1-5H3,(H2,29,30,31,32). The van der Waals surface area contributed by atoms with Gasteiger partial charge in [-0.25, -0.2) is 4.98 Å². The number of aryl methyl sites for hydroxylation is 2. The molecule has 1 saturated heterocycles. The van der Waals surface area contributed by atoms with Crippen molar-refractivity contribution in [2.24, 2.45) is 7.05 Å². The molecule has 0 bridgehead atoms. The van der Waals surface area contributed by atoms with Crippen LogP contribution in [0.3, 0.4) is 0 Å². The summed E-state index contributed by atoms with van der Waals surface area (Å²) in [6, 6.07) is 4.17. The molecule has 14 heteroatoms. The Morgan fingerprint density at radius 1 is 1.10 bits per heavy atom. The number of rotatable bonds is 11. The van der Waals surface area contributed by atoms with Crippen LogP contribution in [-0.4, -0.2) is 83.4 Å². The molecule has 0 unspecified atom stereocenters. The highest BCUT2D eigenvalue weighted by molar-refractivity contribution is 7.86. The summed E-state index contributed by atoms with van der Waals surface area (Å²) >= 11 is 6.41. The van der Waals surface area contributed by atoms with Gasteiger partial charge in [0, 0.05) is 46.0 Å². The van der Waals surface area contributed by atoms with Gasteiger partial charge in [-0.15, -0.1) is 0 Å². The number of nitrogens with one attached hydrogen (secondary N) is 2. The first-order valence-corrected chi connectivity index (χ1v) is 15.5.